The summed E-state index contributed by atoms with van der Waals surface area (Å²) in [7, 11) is 0. The molecule has 2 aromatic rings. The predicted molar refractivity (Wildman–Crippen MR) is 134 cm³/mol. The van der Waals surface area contributed by atoms with Crippen molar-refractivity contribution in [2.24, 2.45) is 0 Å². The van der Waals surface area contributed by atoms with Crippen LogP contribution < -0.4 is 0 Å². The third-order valence-corrected chi connectivity index (χ3v) is 6.26. The first-order valence-electron chi connectivity index (χ1n) is 11.7. The summed E-state index contributed by atoms with van der Waals surface area (Å²) in [6.45, 7) is 22.3. The van der Waals surface area contributed by atoms with E-state index < -0.39 is 5.92 Å². The standard InChI is InChI=1S/C29H42O3/c1-16(2)21-12-19(14-23(26(21)31)28(6,7)8)25(18(5)30)20-13-22(17(3)4)27(32)24(15-20)29(9,10)11/h12-17,25,31-32H,1-11H3. The molecule has 0 amide bonds. The molecular weight excluding hydrogens is 396 g/mol. The Bertz CT molecular complexity index is 923. The molecule has 0 heterocycles. The van der Waals surface area contributed by atoms with E-state index in [1.54, 1.807) is 6.92 Å². The van der Waals surface area contributed by atoms with Crippen LogP contribution in [0.4, 0.5) is 0 Å². The molecule has 0 unspecified atom stereocenters. The Hall–Kier alpha value is -2.29. The van der Waals surface area contributed by atoms with E-state index >= 15 is 0 Å². The highest BCUT2D eigenvalue weighted by Gasteiger charge is 2.30. The van der Waals surface area contributed by atoms with E-state index in [-0.39, 0.29) is 28.4 Å². The van der Waals surface area contributed by atoms with Crippen molar-refractivity contribution in [1.29, 1.82) is 0 Å². The van der Waals surface area contributed by atoms with E-state index in [0.717, 1.165) is 33.4 Å². The molecule has 0 saturated heterocycles. The van der Waals surface area contributed by atoms with Crippen LogP contribution in [-0.4, -0.2) is 16.0 Å². The van der Waals surface area contributed by atoms with Crippen LogP contribution in [0.3, 0.4) is 0 Å². The lowest BCUT2D eigenvalue weighted by atomic mass is 9.76. The number of carbonyl (C=O) groups excluding carboxylic acids is 1. The lowest BCUT2D eigenvalue weighted by molar-refractivity contribution is -0.117. The maximum Gasteiger partial charge on any atom is 0.141 e. The molecule has 0 aliphatic rings. The van der Waals surface area contributed by atoms with Crippen LogP contribution in [0.15, 0.2) is 24.3 Å². The van der Waals surface area contributed by atoms with Gasteiger partial charge < -0.3 is 10.2 Å². The van der Waals surface area contributed by atoms with Crippen molar-refractivity contribution in [2.75, 3.05) is 0 Å². The summed E-state index contributed by atoms with van der Waals surface area (Å²) in [5.41, 5.74) is 4.68. The van der Waals surface area contributed by atoms with Gasteiger partial charge in [0, 0.05) is 0 Å². The number of Topliss-reactive ketones (excluding diaryl/α,β-unsaturated/α-hetero) is 1. The first-order valence-corrected chi connectivity index (χ1v) is 11.7. The molecule has 0 bridgehead atoms. The molecule has 0 fully saturated rings. The van der Waals surface area contributed by atoms with Crippen molar-refractivity contribution < 1.29 is 15.0 Å². The van der Waals surface area contributed by atoms with Gasteiger partial charge in [0.05, 0.1) is 5.92 Å². The summed E-state index contributed by atoms with van der Waals surface area (Å²) in [5, 5.41) is 22.0. The fraction of sp³-hybridized carbons (Fsp3) is 0.552. The van der Waals surface area contributed by atoms with Crippen LogP contribution in [0.25, 0.3) is 0 Å². The fourth-order valence-corrected chi connectivity index (χ4v) is 4.38. The number of benzene rings is 2. The van der Waals surface area contributed by atoms with Gasteiger partial charge in [-0.3, -0.25) is 4.79 Å². The van der Waals surface area contributed by atoms with Crippen molar-refractivity contribution >= 4 is 5.78 Å². The van der Waals surface area contributed by atoms with Crippen LogP contribution in [0, 0.1) is 0 Å². The highest BCUT2D eigenvalue weighted by Crippen LogP contribution is 2.43. The third kappa shape index (κ3) is 5.19. The van der Waals surface area contributed by atoms with Crippen LogP contribution in [-0.2, 0) is 15.6 Å². The maximum absolute atomic E-state index is 13.1. The van der Waals surface area contributed by atoms with E-state index in [9.17, 15) is 15.0 Å². The zero-order valence-corrected chi connectivity index (χ0v) is 21.8. The maximum atomic E-state index is 13.1. The number of ketones is 1. The molecule has 0 saturated carbocycles. The highest BCUT2D eigenvalue weighted by molar-refractivity contribution is 5.87. The van der Waals surface area contributed by atoms with Crippen molar-refractivity contribution in [3.8, 4) is 11.5 Å². The van der Waals surface area contributed by atoms with E-state index in [2.05, 4.69) is 69.2 Å². The van der Waals surface area contributed by atoms with E-state index in [4.69, 9.17) is 0 Å². The lowest BCUT2D eigenvalue weighted by Crippen LogP contribution is -2.18. The van der Waals surface area contributed by atoms with Gasteiger partial charge in [-0.1, -0.05) is 93.5 Å². The molecule has 2 rings (SSSR count). The van der Waals surface area contributed by atoms with Gasteiger partial charge >= 0.3 is 0 Å². The van der Waals surface area contributed by atoms with Crippen molar-refractivity contribution in [1.82, 2.24) is 0 Å². The van der Waals surface area contributed by atoms with Crippen molar-refractivity contribution in [3.63, 3.8) is 0 Å². The largest absolute Gasteiger partial charge is 0.507 e. The number of rotatable bonds is 5. The van der Waals surface area contributed by atoms with E-state index in [1.165, 1.54) is 0 Å². The predicted octanol–water partition coefficient (Wildman–Crippen LogP) is 7.66. The quantitative estimate of drug-likeness (QED) is 0.504. The van der Waals surface area contributed by atoms with Gasteiger partial charge in [0.1, 0.15) is 17.3 Å². The molecule has 0 spiro atoms. The fourth-order valence-electron chi connectivity index (χ4n) is 4.38. The Morgan fingerprint density at radius 1 is 0.688 bits per heavy atom. The molecule has 0 aliphatic carbocycles. The topological polar surface area (TPSA) is 57.5 Å². The second kappa shape index (κ2) is 8.92. The average molecular weight is 439 g/mol. The van der Waals surface area contributed by atoms with E-state index in [0.29, 0.717) is 11.5 Å². The smallest absolute Gasteiger partial charge is 0.141 e. The molecule has 0 radical (unpaired) electrons. The molecule has 0 atom stereocenters. The molecular formula is C29H42O3. The van der Waals surface area contributed by atoms with Gasteiger partial charge in [0.25, 0.3) is 0 Å². The molecule has 2 aromatic carbocycles. The molecule has 0 aliphatic heterocycles. The number of phenols is 2. The van der Waals surface area contributed by atoms with Crippen LogP contribution >= 0.6 is 0 Å². The number of carbonyl (C=O) groups is 1. The Balaban J connectivity index is 2.91. The summed E-state index contributed by atoms with van der Waals surface area (Å²) in [4.78, 5) is 13.1. The second-order valence-corrected chi connectivity index (χ2v) is 11.9. The Morgan fingerprint density at radius 3 is 1.22 bits per heavy atom. The van der Waals surface area contributed by atoms with Gasteiger partial charge in [0.15, 0.2) is 0 Å². The SMILES string of the molecule is CC(=O)C(c1cc(C(C)C)c(O)c(C(C)(C)C)c1)c1cc(C(C)C)c(O)c(C(C)(C)C)c1. The van der Waals surface area contributed by atoms with Gasteiger partial charge in [-0.2, -0.15) is 0 Å². The Morgan fingerprint density at radius 2 is 1.00 bits per heavy atom. The molecule has 0 aromatic heterocycles. The molecule has 3 nitrogen and oxygen atoms in total. The number of hydrogen-bond acceptors (Lipinski definition) is 3. The number of aromatic hydroxyl groups is 2. The lowest BCUT2D eigenvalue weighted by Gasteiger charge is -2.28. The van der Waals surface area contributed by atoms with Gasteiger partial charge in [-0.25, -0.2) is 0 Å². The summed E-state index contributed by atoms with van der Waals surface area (Å²) < 4.78 is 0. The summed E-state index contributed by atoms with van der Waals surface area (Å²) in [6, 6.07) is 7.96. The minimum atomic E-state index is -0.464. The van der Waals surface area contributed by atoms with Crippen LogP contribution in [0.1, 0.15) is 127 Å². The summed E-state index contributed by atoms with van der Waals surface area (Å²) in [6.07, 6.45) is 0. The Kier molecular flexibility index (Phi) is 7.24. The first-order chi connectivity index (χ1) is 14.5. The minimum Gasteiger partial charge on any atom is -0.507 e. The van der Waals surface area contributed by atoms with E-state index in [1.807, 2.05) is 24.3 Å². The molecule has 32 heavy (non-hydrogen) atoms. The second-order valence-electron chi connectivity index (χ2n) is 11.9. The summed E-state index contributed by atoms with van der Waals surface area (Å²) in [5.74, 6) is 0.476. The van der Waals surface area contributed by atoms with Crippen LogP contribution in [0.2, 0.25) is 0 Å². The van der Waals surface area contributed by atoms with Gasteiger partial charge in [-0.15, -0.1) is 0 Å². The monoisotopic (exact) mass is 438 g/mol. The Labute approximate surface area is 194 Å². The zero-order valence-electron chi connectivity index (χ0n) is 21.8. The van der Waals surface area contributed by atoms with Crippen molar-refractivity contribution in [3.05, 3.63) is 57.6 Å². The molecule has 176 valence electrons. The van der Waals surface area contributed by atoms with Gasteiger partial charge in [0.2, 0.25) is 0 Å². The molecule has 3 heteroatoms. The zero-order chi connectivity index (χ0) is 24.8. The normalized spacial score (nSPS) is 12.8. The highest BCUT2D eigenvalue weighted by atomic mass is 16.3. The third-order valence-electron chi connectivity index (χ3n) is 6.26. The first kappa shape index (κ1) is 26.0. The minimum absolute atomic E-state index is 0.0468. The molecule has 2 N–H and O–H groups in total. The van der Waals surface area contributed by atoms with Crippen LogP contribution in [0.5, 0.6) is 11.5 Å². The summed E-state index contributed by atoms with van der Waals surface area (Å²) >= 11 is 0. The van der Waals surface area contributed by atoms with Gasteiger partial charge in [-0.05, 0) is 63.0 Å². The number of phenolic OH excluding ortho intramolecular Hbond substituents is 2. The average Bonchev–Trinajstić information content (AvgIpc) is 2.61. The van der Waals surface area contributed by atoms with Crippen molar-refractivity contribution in [2.45, 2.75) is 105 Å². The number of hydrogen-bond donors (Lipinski definition) is 2.